The van der Waals surface area contributed by atoms with Crippen molar-refractivity contribution in [3.63, 3.8) is 0 Å². The standard InChI is InChI=1S/Ba.H2O4S.H2O.Zn.2H/c;1-5(2,3)4;;;;/h;(H2,1,2,3,4);1H2;;;. The summed E-state index contributed by atoms with van der Waals surface area (Å²) < 4.78 is 31.6. The molecule has 0 bridgehead atoms. The van der Waals surface area contributed by atoms with E-state index in [1.165, 1.54) is 0 Å². The molecule has 0 aromatic rings. The monoisotopic (exact) mass is 320 g/mol. The largest absolute Gasteiger partial charge is 0 e. The Labute approximate surface area is 99.9 Å². The first-order chi connectivity index (χ1) is 2.00. The third kappa shape index (κ3) is 96.6. The van der Waals surface area contributed by atoms with Crippen molar-refractivity contribution in [2.45, 2.75) is 0 Å². The molecule has 0 amide bonds. The summed E-state index contributed by atoms with van der Waals surface area (Å²) in [4.78, 5) is 0. The van der Waals surface area contributed by atoms with Gasteiger partial charge in [-0.3, -0.25) is 9.11 Å². The summed E-state index contributed by atoms with van der Waals surface area (Å²) in [6, 6.07) is 0. The maximum absolute atomic E-state index is 8.74. The first-order valence-corrected chi connectivity index (χ1v) is 2.10. The van der Waals surface area contributed by atoms with Gasteiger partial charge in [0.2, 0.25) is 0 Å². The molecule has 0 fully saturated rings. The van der Waals surface area contributed by atoms with Crippen LogP contribution in [0.5, 0.6) is 0 Å². The van der Waals surface area contributed by atoms with Gasteiger partial charge >= 0.3 is 59.3 Å². The first kappa shape index (κ1) is 22.5. The molecule has 5 nitrogen and oxygen atoms in total. The molecule has 4 N–H and O–H groups in total. The Morgan fingerprint density at radius 2 is 1.12 bits per heavy atom. The van der Waals surface area contributed by atoms with Gasteiger partial charge < -0.3 is 5.48 Å². The fourth-order valence-corrected chi connectivity index (χ4v) is 0. The van der Waals surface area contributed by atoms with Crippen LogP contribution >= 0.6 is 0 Å². The fraction of sp³-hybridized carbons (Fsp3) is 0. The molecule has 0 rings (SSSR count). The molecule has 0 spiro atoms. The van der Waals surface area contributed by atoms with Crippen LogP contribution in [0.2, 0.25) is 0 Å². The van der Waals surface area contributed by atoms with E-state index in [0.717, 1.165) is 0 Å². The second-order valence-corrected chi connectivity index (χ2v) is 1.34. The number of rotatable bonds is 0. The molecule has 0 saturated carbocycles. The normalized spacial score (nSPS) is 7.25. The molecule has 46 valence electrons. The Morgan fingerprint density at radius 1 is 1.12 bits per heavy atom. The van der Waals surface area contributed by atoms with Crippen LogP contribution in [-0.2, 0) is 29.9 Å². The Balaban J connectivity index is -0.0000000267. The summed E-state index contributed by atoms with van der Waals surface area (Å²) in [5.74, 6) is 0. The predicted octanol–water partition coefficient (Wildman–Crippen LogP) is -2.40. The Bertz CT molecular complexity index is 95.6. The Kier molecular flexibility index (Phi) is 25.4. The quantitative estimate of drug-likeness (QED) is 0.383. The first-order valence-electron chi connectivity index (χ1n) is 0.698. The van der Waals surface area contributed by atoms with Crippen molar-refractivity contribution in [3.8, 4) is 0 Å². The third-order valence-corrected chi connectivity index (χ3v) is 0. The zero-order valence-electron chi connectivity index (χ0n) is 3.33. The van der Waals surface area contributed by atoms with E-state index in [2.05, 4.69) is 0 Å². The molecule has 8 heavy (non-hydrogen) atoms. The molecule has 0 atom stereocenters. The van der Waals surface area contributed by atoms with Crippen molar-refractivity contribution < 1.29 is 42.5 Å². The average Bonchev–Trinajstić information content (AvgIpc) is 0.722. The van der Waals surface area contributed by atoms with E-state index in [0.29, 0.717) is 0 Å². The number of hydrogen-bond acceptors (Lipinski definition) is 2. The SMILES string of the molecule is O.O=S(=O)(O)O.[BaH2].[Zn]. The van der Waals surface area contributed by atoms with Crippen molar-refractivity contribution in [2.75, 3.05) is 0 Å². The smallest absolute Gasteiger partial charge is 0 e. The third-order valence-electron chi connectivity index (χ3n) is 0. The zero-order chi connectivity index (χ0) is 4.50. The van der Waals surface area contributed by atoms with E-state index in [4.69, 9.17) is 17.5 Å². The summed E-state index contributed by atoms with van der Waals surface area (Å²) in [6.07, 6.45) is 0. The fourth-order valence-electron chi connectivity index (χ4n) is 0. The molecule has 0 aliphatic rings. The van der Waals surface area contributed by atoms with Gasteiger partial charge in [-0.15, -0.1) is 0 Å². The molecule has 0 saturated heterocycles. The molecule has 0 aromatic carbocycles. The van der Waals surface area contributed by atoms with Crippen LogP contribution in [0.15, 0.2) is 0 Å². The van der Waals surface area contributed by atoms with Crippen molar-refractivity contribution >= 4 is 59.3 Å². The van der Waals surface area contributed by atoms with Crippen LogP contribution in [0.1, 0.15) is 0 Å². The van der Waals surface area contributed by atoms with E-state index in [1.54, 1.807) is 0 Å². The minimum absolute atomic E-state index is 0. The molecule has 0 radical (unpaired) electrons. The van der Waals surface area contributed by atoms with Gasteiger partial charge in [-0.1, -0.05) is 0 Å². The Morgan fingerprint density at radius 3 is 1.12 bits per heavy atom. The van der Waals surface area contributed by atoms with E-state index in [1.807, 2.05) is 0 Å². The van der Waals surface area contributed by atoms with E-state index >= 15 is 0 Å². The maximum Gasteiger partial charge on any atom is 0 e. The topological polar surface area (TPSA) is 106 Å². The Hall–Kier alpha value is 2.02. The van der Waals surface area contributed by atoms with Crippen LogP contribution in [-0.4, -0.2) is 71.9 Å². The van der Waals surface area contributed by atoms with Gasteiger partial charge in [-0.05, 0) is 0 Å². The van der Waals surface area contributed by atoms with Crippen LogP contribution < -0.4 is 0 Å². The van der Waals surface area contributed by atoms with Gasteiger partial charge in [0.25, 0.3) is 0 Å². The second kappa shape index (κ2) is 9.02. The van der Waals surface area contributed by atoms with Crippen molar-refractivity contribution in [2.24, 2.45) is 0 Å². The van der Waals surface area contributed by atoms with E-state index < -0.39 is 10.4 Å². The molecular weight excluding hydrogens is 315 g/mol. The van der Waals surface area contributed by atoms with Crippen LogP contribution in [0, 0.1) is 0 Å². The van der Waals surface area contributed by atoms with Crippen LogP contribution in [0.4, 0.5) is 0 Å². The summed E-state index contributed by atoms with van der Waals surface area (Å²) >= 11 is 0. The minimum atomic E-state index is -4.67. The van der Waals surface area contributed by atoms with Gasteiger partial charge in [0, 0.05) is 19.5 Å². The minimum Gasteiger partial charge on any atom is 0 e. The average molecular weight is 321 g/mol. The maximum atomic E-state index is 8.74. The summed E-state index contributed by atoms with van der Waals surface area (Å²) in [5.41, 5.74) is 0. The molecule has 8 heteroatoms. The van der Waals surface area contributed by atoms with E-state index in [9.17, 15) is 0 Å². The van der Waals surface area contributed by atoms with Crippen molar-refractivity contribution in [1.29, 1.82) is 0 Å². The van der Waals surface area contributed by atoms with E-state index in [-0.39, 0.29) is 73.8 Å². The van der Waals surface area contributed by atoms with Crippen LogP contribution in [0.3, 0.4) is 0 Å². The molecule has 0 aromatic heterocycles. The van der Waals surface area contributed by atoms with Crippen LogP contribution in [0.25, 0.3) is 0 Å². The van der Waals surface area contributed by atoms with Gasteiger partial charge in [0.1, 0.15) is 0 Å². The zero-order valence-corrected chi connectivity index (χ0v) is 7.11. The molecular formula is H6BaO5SZn. The molecule has 0 aliphatic heterocycles. The molecule has 0 unspecified atom stereocenters. The van der Waals surface area contributed by atoms with Gasteiger partial charge in [0.15, 0.2) is 0 Å². The summed E-state index contributed by atoms with van der Waals surface area (Å²) in [5, 5.41) is 0. The van der Waals surface area contributed by atoms with Gasteiger partial charge in [-0.25, -0.2) is 0 Å². The molecule has 0 aliphatic carbocycles. The van der Waals surface area contributed by atoms with Gasteiger partial charge in [0.05, 0.1) is 0 Å². The number of hydrogen-bond donors (Lipinski definition) is 2. The predicted molar refractivity (Wildman–Crippen MR) is 26.3 cm³/mol. The van der Waals surface area contributed by atoms with Crippen molar-refractivity contribution in [3.05, 3.63) is 0 Å². The summed E-state index contributed by atoms with van der Waals surface area (Å²) in [6.45, 7) is 0. The summed E-state index contributed by atoms with van der Waals surface area (Å²) in [7, 11) is -4.67. The second-order valence-electron chi connectivity index (χ2n) is 0.448. The molecule has 0 heterocycles. The van der Waals surface area contributed by atoms with Gasteiger partial charge in [-0.2, -0.15) is 8.42 Å². The van der Waals surface area contributed by atoms with Crippen molar-refractivity contribution in [1.82, 2.24) is 0 Å².